The smallest absolute Gasteiger partial charge is 0.0192 e. The van der Waals surface area contributed by atoms with Gasteiger partial charge in [0, 0.05) is 12.6 Å². The van der Waals surface area contributed by atoms with E-state index in [4.69, 9.17) is 0 Å². The van der Waals surface area contributed by atoms with Crippen LogP contribution in [0.1, 0.15) is 78.1 Å². The van der Waals surface area contributed by atoms with Gasteiger partial charge < -0.3 is 5.32 Å². The minimum Gasteiger partial charge on any atom is -0.315 e. The molecule has 1 rings (SSSR count). The van der Waals surface area contributed by atoms with Crippen LogP contribution in [0.15, 0.2) is 0 Å². The summed E-state index contributed by atoms with van der Waals surface area (Å²) in [5.41, 5.74) is 0. The molecule has 0 aromatic rings. The van der Waals surface area contributed by atoms with Crippen LogP contribution in [-0.4, -0.2) is 37.1 Å². The first-order valence-corrected chi connectivity index (χ1v) is 8.79. The van der Waals surface area contributed by atoms with E-state index in [9.17, 15) is 0 Å². The lowest BCUT2D eigenvalue weighted by atomic mass is 10.1. The fourth-order valence-electron chi connectivity index (χ4n) is 3.01. The SMILES string of the molecule is CCCCCCCCCCNCC(C)N1CCCC1. The molecule has 0 aliphatic carbocycles. The fourth-order valence-corrected chi connectivity index (χ4v) is 3.01. The molecular weight excluding hydrogens is 232 g/mol. The summed E-state index contributed by atoms with van der Waals surface area (Å²) in [6.07, 6.45) is 14.2. The molecule has 1 aliphatic heterocycles. The van der Waals surface area contributed by atoms with Crippen LogP contribution in [0, 0.1) is 0 Å². The molecule has 2 heteroatoms. The molecular formula is C17H36N2. The van der Waals surface area contributed by atoms with Crippen molar-refractivity contribution in [3.63, 3.8) is 0 Å². The van der Waals surface area contributed by atoms with Crippen molar-refractivity contribution in [1.82, 2.24) is 10.2 Å². The molecule has 1 heterocycles. The molecule has 114 valence electrons. The van der Waals surface area contributed by atoms with Crippen LogP contribution in [0.4, 0.5) is 0 Å². The molecule has 19 heavy (non-hydrogen) atoms. The lowest BCUT2D eigenvalue weighted by Crippen LogP contribution is -2.38. The van der Waals surface area contributed by atoms with Gasteiger partial charge in [0.05, 0.1) is 0 Å². The van der Waals surface area contributed by atoms with Crippen molar-refractivity contribution in [2.45, 2.75) is 84.1 Å². The first-order valence-electron chi connectivity index (χ1n) is 8.79. The van der Waals surface area contributed by atoms with Gasteiger partial charge in [0.1, 0.15) is 0 Å². The Labute approximate surface area is 121 Å². The van der Waals surface area contributed by atoms with Crippen LogP contribution in [-0.2, 0) is 0 Å². The zero-order chi connectivity index (χ0) is 13.8. The van der Waals surface area contributed by atoms with Gasteiger partial charge in [0.25, 0.3) is 0 Å². The standard InChI is InChI=1S/C17H36N2/c1-3-4-5-6-7-8-9-10-13-18-16-17(2)19-14-11-12-15-19/h17-18H,3-16H2,1-2H3. The number of rotatable bonds is 12. The zero-order valence-corrected chi connectivity index (χ0v) is 13.4. The summed E-state index contributed by atoms with van der Waals surface area (Å²) in [6, 6.07) is 0.733. The van der Waals surface area contributed by atoms with Crippen LogP contribution < -0.4 is 5.32 Å². The molecule has 1 atom stereocenters. The van der Waals surface area contributed by atoms with Crippen molar-refractivity contribution >= 4 is 0 Å². The van der Waals surface area contributed by atoms with Crippen LogP contribution in [0.3, 0.4) is 0 Å². The number of likely N-dealkylation sites (tertiary alicyclic amines) is 1. The van der Waals surface area contributed by atoms with Crippen LogP contribution >= 0.6 is 0 Å². The Balaban J connectivity index is 1.78. The maximum absolute atomic E-state index is 3.63. The molecule has 1 N–H and O–H groups in total. The lowest BCUT2D eigenvalue weighted by Gasteiger charge is -2.23. The lowest BCUT2D eigenvalue weighted by molar-refractivity contribution is 0.252. The van der Waals surface area contributed by atoms with E-state index in [1.165, 1.54) is 90.4 Å². The van der Waals surface area contributed by atoms with Crippen LogP contribution in [0.25, 0.3) is 0 Å². The summed E-state index contributed by atoms with van der Waals surface area (Å²) in [4.78, 5) is 2.63. The Hall–Kier alpha value is -0.0800. The van der Waals surface area contributed by atoms with Gasteiger partial charge in [-0.25, -0.2) is 0 Å². The van der Waals surface area contributed by atoms with Crippen LogP contribution in [0.5, 0.6) is 0 Å². The number of unbranched alkanes of at least 4 members (excludes halogenated alkanes) is 7. The van der Waals surface area contributed by atoms with E-state index in [0.717, 1.165) is 6.04 Å². The molecule has 0 spiro atoms. The number of hydrogen-bond donors (Lipinski definition) is 1. The topological polar surface area (TPSA) is 15.3 Å². The van der Waals surface area contributed by atoms with E-state index in [0.29, 0.717) is 0 Å². The van der Waals surface area contributed by atoms with Crippen molar-refractivity contribution in [2.75, 3.05) is 26.2 Å². The molecule has 0 radical (unpaired) electrons. The Morgan fingerprint density at radius 3 is 2.11 bits per heavy atom. The average molecular weight is 268 g/mol. The predicted molar refractivity (Wildman–Crippen MR) is 85.7 cm³/mol. The third-order valence-electron chi connectivity index (χ3n) is 4.41. The Morgan fingerprint density at radius 2 is 1.47 bits per heavy atom. The van der Waals surface area contributed by atoms with Crippen molar-refractivity contribution < 1.29 is 0 Å². The third-order valence-corrected chi connectivity index (χ3v) is 4.41. The highest BCUT2D eigenvalue weighted by Gasteiger charge is 2.16. The summed E-state index contributed by atoms with van der Waals surface area (Å²) < 4.78 is 0. The number of hydrogen-bond acceptors (Lipinski definition) is 2. The minimum atomic E-state index is 0.733. The second kappa shape index (κ2) is 11.7. The maximum atomic E-state index is 3.63. The fraction of sp³-hybridized carbons (Fsp3) is 1.00. The zero-order valence-electron chi connectivity index (χ0n) is 13.4. The molecule has 0 saturated carbocycles. The molecule has 0 aromatic heterocycles. The largest absolute Gasteiger partial charge is 0.315 e. The Morgan fingerprint density at radius 1 is 0.895 bits per heavy atom. The average Bonchev–Trinajstić information content (AvgIpc) is 2.95. The summed E-state index contributed by atoms with van der Waals surface area (Å²) in [7, 11) is 0. The summed E-state index contributed by atoms with van der Waals surface area (Å²) in [5, 5.41) is 3.63. The molecule has 1 aliphatic rings. The molecule has 1 saturated heterocycles. The molecule has 0 amide bonds. The molecule has 1 unspecified atom stereocenters. The van der Waals surface area contributed by atoms with E-state index in [2.05, 4.69) is 24.1 Å². The van der Waals surface area contributed by atoms with Gasteiger partial charge in [0.15, 0.2) is 0 Å². The normalized spacial score (nSPS) is 18.0. The van der Waals surface area contributed by atoms with Gasteiger partial charge in [-0.1, -0.05) is 51.9 Å². The first kappa shape index (κ1) is 17.0. The second-order valence-corrected chi connectivity index (χ2v) is 6.27. The number of nitrogens with one attached hydrogen (secondary N) is 1. The van der Waals surface area contributed by atoms with Gasteiger partial charge in [-0.2, -0.15) is 0 Å². The van der Waals surface area contributed by atoms with Gasteiger partial charge in [-0.15, -0.1) is 0 Å². The molecule has 2 nitrogen and oxygen atoms in total. The first-order chi connectivity index (χ1) is 9.34. The summed E-state index contributed by atoms with van der Waals surface area (Å²) >= 11 is 0. The van der Waals surface area contributed by atoms with Gasteiger partial charge in [-0.3, -0.25) is 4.90 Å². The molecule has 1 fully saturated rings. The highest BCUT2D eigenvalue weighted by atomic mass is 15.2. The monoisotopic (exact) mass is 268 g/mol. The predicted octanol–water partition coefficient (Wildman–Crippen LogP) is 4.20. The Bertz CT molecular complexity index is 188. The molecule has 0 bridgehead atoms. The van der Waals surface area contributed by atoms with Crippen molar-refractivity contribution in [3.05, 3.63) is 0 Å². The Kier molecular flexibility index (Phi) is 10.5. The maximum Gasteiger partial charge on any atom is 0.0192 e. The van der Waals surface area contributed by atoms with E-state index in [1.54, 1.807) is 0 Å². The van der Waals surface area contributed by atoms with Crippen molar-refractivity contribution in [2.24, 2.45) is 0 Å². The van der Waals surface area contributed by atoms with Crippen LogP contribution in [0.2, 0.25) is 0 Å². The summed E-state index contributed by atoms with van der Waals surface area (Å²) in [6.45, 7) is 9.69. The molecule has 0 aromatic carbocycles. The number of nitrogens with zero attached hydrogens (tertiary/aromatic N) is 1. The third kappa shape index (κ3) is 8.65. The van der Waals surface area contributed by atoms with E-state index < -0.39 is 0 Å². The van der Waals surface area contributed by atoms with Crippen molar-refractivity contribution in [3.8, 4) is 0 Å². The highest BCUT2D eigenvalue weighted by molar-refractivity contribution is 4.74. The van der Waals surface area contributed by atoms with Gasteiger partial charge >= 0.3 is 0 Å². The second-order valence-electron chi connectivity index (χ2n) is 6.27. The minimum absolute atomic E-state index is 0.733. The van der Waals surface area contributed by atoms with Crippen molar-refractivity contribution in [1.29, 1.82) is 0 Å². The quantitative estimate of drug-likeness (QED) is 0.534. The summed E-state index contributed by atoms with van der Waals surface area (Å²) in [5.74, 6) is 0. The van der Waals surface area contributed by atoms with E-state index in [-0.39, 0.29) is 0 Å². The van der Waals surface area contributed by atoms with Gasteiger partial charge in [-0.05, 0) is 45.8 Å². The highest BCUT2D eigenvalue weighted by Crippen LogP contribution is 2.11. The van der Waals surface area contributed by atoms with E-state index >= 15 is 0 Å². The van der Waals surface area contributed by atoms with E-state index in [1.807, 2.05) is 0 Å². The van der Waals surface area contributed by atoms with Gasteiger partial charge in [0.2, 0.25) is 0 Å².